The molecule has 2 aliphatic rings. The molecule has 2 amide bonds. The van der Waals surface area contributed by atoms with Crippen LogP contribution in [0.2, 0.25) is 0 Å². The van der Waals surface area contributed by atoms with Gasteiger partial charge in [-0.1, -0.05) is 18.2 Å². The Labute approximate surface area is 98.4 Å². The molecule has 2 heterocycles. The van der Waals surface area contributed by atoms with Gasteiger partial charge in [0, 0.05) is 5.56 Å². The molecule has 0 bridgehead atoms. The van der Waals surface area contributed by atoms with E-state index in [2.05, 4.69) is 5.32 Å². The maximum Gasteiger partial charge on any atom is 0.243 e. The van der Waals surface area contributed by atoms with Crippen LogP contribution in [0.4, 0.5) is 0 Å². The van der Waals surface area contributed by atoms with Crippen LogP contribution >= 0.6 is 0 Å². The van der Waals surface area contributed by atoms with E-state index in [9.17, 15) is 9.59 Å². The summed E-state index contributed by atoms with van der Waals surface area (Å²) >= 11 is 0. The number of ether oxygens (including phenoxy) is 1. The van der Waals surface area contributed by atoms with Crippen molar-refractivity contribution in [1.29, 1.82) is 0 Å². The van der Waals surface area contributed by atoms with Gasteiger partial charge in [0.25, 0.3) is 0 Å². The van der Waals surface area contributed by atoms with Crippen molar-refractivity contribution in [3.05, 3.63) is 29.8 Å². The third-order valence-corrected chi connectivity index (χ3v) is 3.12. The van der Waals surface area contributed by atoms with Gasteiger partial charge < -0.3 is 15.0 Å². The number of hydrogen-bond acceptors (Lipinski definition) is 3. The number of piperazine rings is 1. The summed E-state index contributed by atoms with van der Waals surface area (Å²) in [6, 6.07) is 7.49. The molecular weight excluding hydrogens is 220 g/mol. The Bertz CT molecular complexity index is 486. The molecule has 3 rings (SSSR count). The monoisotopic (exact) mass is 232 g/mol. The maximum absolute atomic E-state index is 11.8. The summed E-state index contributed by atoms with van der Waals surface area (Å²) in [5.41, 5.74) is 0.982. The van der Waals surface area contributed by atoms with Gasteiger partial charge in [0.05, 0.1) is 12.6 Å². The molecule has 5 nitrogen and oxygen atoms in total. The van der Waals surface area contributed by atoms with Crippen molar-refractivity contribution >= 4 is 11.8 Å². The number of amides is 2. The molecule has 5 heteroatoms. The fourth-order valence-electron chi connectivity index (χ4n) is 2.26. The van der Waals surface area contributed by atoms with Crippen LogP contribution in [0.1, 0.15) is 11.6 Å². The molecule has 0 saturated carbocycles. The quantitative estimate of drug-likeness (QED) is 0.746. The standard InChI is InChI=1S/C12H12N2O3/c15-11-6-14(12(16)5-13-11)9-7-17-10-4-2-1-3-8(9)10/h1-4,9H,5-7H2,(H,13,15). The molecule has 1 unspecified atom stereocenters. The largest absolute Gasteiger partial charge is 0.491 e. The molecule has 1 atom stereocenters. The molecule has 1 aromatic carbocycles. The summed E-state index contributed by atoms with van der Waals surface area (Å²) < 4.78 is 5.52. The minimum Gasteiger partial charge on any atom is -0.491 e. The van der Waals surface area contributed by atoms with Crippen molar-refractivity contribution in [2.24, 2.45) is 0 Å². The highest BCUT2D eigenvalue weighted by molar-refractivity contribution is 5.92. The van der Waals surface area contributed by atoms with E-state index in [1.165, 1.54) is 0 Å². The van der Waals surface area contributed by atoms with Crippen LogP contribution < -0.4 is 10.1 Å². The topological polar surface area (TPSA) is 58.6 Å². The summed E-state index contributed by atoms with van der Waals surface area (Å²) in [5, 5.41) is 2.54. The first-order chi connectivity index (χ1) is 8.25. The van der Waals surface area contributed by atoms with E-state index in [-0.39, 0.29) is 30.9 Å². The SMILES string of the molecule is O=C1CN(C2COc3ccccc32)C(=O)CN1. The smallest absolute Gasteiger partial charge is 0.243 e. The lowest BCUT2D eigenvalue weighted by molar-refractivity contribution is -0.143. The second-order valence-electron chi connectivity index (χ2n) is 4.16. The number of rotatable bonds is 1. The first-order valence-corrected chi connectivity index (χ1v) is 5.53. The van der Waals surface area contributed by atoms with E-state index >= 15 is 0 Å². The van der Waals surface area contributed by atoms with Crippen molar-refractivity contribution in [2.45, 2.75) is 6.04 Å². The Morgan fingerprint density at radius 3 is 3.00 bits per heavy atom. The molecule has 0 spiro atoms. The zero-order valence-corrected chi connectivity index (χ0v) is 9.18. The third-order valence-electron chi connectivity index (χ3n) is 3.12. The van der Waals surface area contributed by atoms with Gasteiger partial charge in [-0.05, 0) is 6.07 Å². The number of nitrogens with zero attached hydrogens (tertiary/aromatic N) is 1. The van der Waals surface area contributed by atoms with E-state index in [0.717, 1.165) is 11.3 Å². The normalized spacial score (nSPS) is 23.1. The summed E-state index contributed by atoms with van der Waals surface area (Å²) in [7, 11) is 0. The average molecular weight is 232 g/mol. The van der Waals surface area contributed by atoms with E-state index < -0.39 is 0 Å². The van der Waals surface area contributed by atoms with Gasteiger partial charge in [-0.25, -0.2) is 0 Å². The second kappa shape index (κ2) is 3.76. The minimum absolute atomic E-state index is 0.0603. The van der Waals surface area contributed by atoms with Gasteiger partial charge in [0.1, 0.15) is 18.9 Å². The molecule has 1 saturated heterocycles. The Morgan fingerprint density at radius 1 is 1.29 bits per heavy atom. The van der Waals surface area contributed by atoms with Gasteiger partial charge >= 0.3 is 0 Å². The Hall–Kier alpha value is -2.04. The van der Waals surface area contributed by atoms with E-state index in [4.69, 9.17) is 4.74 Å². The first kappa shape index (κ1) is 10.1. The lowest BCUT2D eigenvalue weighted by Gasteiger charge is -2.31. The number of carbonyl (C=O) groups is 2. The average Bonchev–Trinajstić information content (AvgIpc) is 2.76. The van der Waals surface area contributed by atoms with Gasteiger partial charge in [-0.2, -0.15) is 0 Å². The Balaban J connectivity index is 1.90. The third kappa shape index (κ3) is 1.63. The molecule has 1 aromatic rings. The van der Waals surface area contributed by atoms with Crippen LogP contribution in [0.25, 0.3) is 0 Å². The molecule has 17 heavy (non-hydrogen) atoms. The summed E-state index contributed by atoms with van der Waals surface area (Å²) in [6.45, 7) is 0.622. The highest BCUT2D eigenvalue weighted by Crippen LogP contribution is 2.35. The van der Waals surface area contributed by atoms with E-state index in [0.29, 0.717) is 6.61 Å². The van der Waals surface area contributed by atoms with Crippen LogP contribution in [0.5, 0.6) is 5.75 Å². The molecule has 0 aliphatic carbocycles. The minimum atomic E-state index is -0.134. The summed E-state index contributed by atoms with van der Waals surface area (Å²) in [5.74, 6) is 0.625. The molecule has 88 valence electrons. The zero-order valence-electron chi connectivity index (χ0n) is 9.18. The Kier molecular flexibility index (Phi) is 2.24. The van der Waals surface area contributed by atoms with Crippen LogP contribution in [-0.4, -0.2) is 36.4 Å². The number of hydrogen-bond donors (Lipinski definition) is 1. The first-order valence-electron chi connectivity index (χ1n) is 5.53. The molecule has 0 radical (unpaired) electrons. The lowest BCUT2D eigenvalue weighted by atomic mass is 10.1. The van der Waals surface area contributed by atoms with Gasteiger partial charge in [-0.3, -0.25) is 9.59 Å². The predicted molar refractivity (Wildman–Crippen MR) is 59.4 cm³/mol. The molecule has 0 aromatic heterocycles. The maximum atomic E-state index is 11.8. The number of carbonyl (C=O) groups excluding carboxylic acids is 2. The number of benzene rings is 1. The zero-order chi connectivity index (χ0) is 11.8. The lowest BCUT2D eigenvalue weighted by Crippen LogP contribution is -2.52. The summed E-state index contributed by atoms with van der Waals surface area (Å²) in [6.07, 6.45) is 0. The number of fused-ring (bicyclic) bond motifs is 1. The highest BCUT2D eigenvalue weighted by Gasteiger charge is 2.35. The predicted octanol–water partition coefficient (Wildman–Crippen LogP) is 0.0785. The molecule has 1 fully saturated rings. The van der Waals surface area contributed by atoms with Gasteiger partial charge in [0.15, 0.2) is 0 Å². The van der Waals surface area contributed by atoms with Crippen LogP contribution in [-0.2, 0) is 9.59 Å². The van der Waals surface area contributed by atoms with Crippen molar-refractivity contribution in [3.63, 3.8) is 0 Å². The van der Waals surface area contributed by atoms with E-state index in [1.807, 2.05) is 24.3 Å². The van der Waals surface area contributed by atoms with Gasteiger partial charge in [-0.15, -0.1) is 0 Å². The van der Waals surface area contributed by atoms with E-state index in [1.54, 1.807) is 4.90 Å². The van der Waals surface area contributed by atoms with Crippen molar-refractivity contribution in [1.82, 2.24) is 10.2 Å². The number of para-hydroxylation sites is 1. The van der Waals surface area contributed by atoms with Crippen LogP contribution in [0, 0.1) is 0 Å². The highest BCUT2D eigenvalue weighted by atomic mass is 16.5. The van der Waals surface area contributed by atoms with Crippen LogP contribution in [0.3, 0.4) is 0 Å². The van der Waals surface area contributed by atoms with Crippen molar-refractivity contribution in [3.8, 4) is 5.75 Å². The molecular formula is C12H12N2O3. The number of nitrogens with one attached hydrogen (secondary N) is 1. The molecule has 2 aliphatic heterocycles. The second-order valence-corrected chi connectivity index (χ2v) is 4.16. The fraction of sp³-hybridized carbons (Fsp3) is 0.333. The van der Waals surface area contributed by atoms with Crippen LogP contribution in [0.15, 0.2) is 24.3 Å². The van der Waals surface area contributed by atoms with Crippen molar-refractivity contribution in [2.75, 3.05) is 19.7 Å². The summed E-state index contributed by atoms with van der Waals surface area (Å²) in [4.78, 5) is 24.7. The fourth-order valence-corrected chi connectivity index (χ4v) is 2.26. The van der Waals surface area contributed by atoms with Crippen molar-refractivity contribution < 1.29 is 14.3 Å². The van der Waals surface area contributed by atoms with Gasteiger partial charge in [0.2, 0.25) is 11.8 Å². The Morgan fingerprint density at radius 2 is 2.12 bits per heavy atom. The molecule has 1 N–H and O–H groups in total.